The Morgan fingerprint density at radius 1 is 1.24 bits per heavy atom. The molecule has 29 heavy (non-hydrogen) atoms. The fourth-order valence-corrected chi connectivity index (χ4v) is 4.21. The fourth-order valence-electron chi connectivity index (χ4n) is 4.21. The molecule has 0 saturated heterocycles. The summed E-state index contributed by atoms with van der Waals surface area (Å²) in [6.45, 7) is 6.75. The number of benzene rings is 1. The van der Waals surface area contributed by atoms with Gasteiger partial charge in [0.25, 0.3) is 0 Å². The summed E-state index contributed by atoms with van der Waals surface area (Å²) >= 11 is 0. The van der Waals surface area contributed by atoms with Crippen molar-refractivity contribution in [2.24, 2.45) is 0 Å². The van der Waals surface area contributed by atoms with Crippen molar-refractivity contribution in [2.45, 2.75) is 50.7 Å². The zero-order valence-electron chi connectivity index (χ0n) is 18.2. The van der Waals surface area contributed by atoms with Crippen molar-refractivity contribution < 1.29 is 14.3 Å². The number of nitrogens with one attached hydrogen (secondary N) is 1. The van der Waals surface area contributed by atoms with E-state index in [9.17, 15) is 9.59 Å². The third-order valence-electron chi connectivity index (χ3n) is 6.14. The number of likely N-dealkylation sites (N-methyl/N-ethyl adjacent to an activating group) is 2. The minimum Gasteiger partial charge on any atom is -0.487 e. The molecule has 6 nitrogen and oxygen atoms in total. The summed E-state index contributed by atoms with van der Waals surface area (Å²) in [6, 6.07) is 5.59. The lowest BCUT2D eigenvalue weighted by Crippen LogP contribution is -2.59. The standard InChI is InChI=1S/C22H33N3O3.ClH/c1-15-6-7-18-16(14-15)22(2)10-8-17(26)20(21(22)28-18)23-19(27)9-11-25(5)13-12-24(3)4;/h6-7,14,20-21H,8-13H2,1-5H3,(H,23,27);1H/t20-,21-,22-;/m0./s1. The Bertz CT molecular complexity index is 755. The Morgan fingerprint density at radius 2 is 1.97 bits per heavy atom. The van der Waals surface area contributed by atoms with Crippen LogP contribution in [0.5, 0.6) is 5.75 Å². The average molecular weight is 424 g/mol. The predicted octanol–water partition coefficient (Wildman–Crippen LogP) is 2.17. The number of fused-ring (bicyclic) bond motifs is 3. The van der Waals surface area contributed by atoms with Crippen LogP contribution in [0.25, 0.3) is 0 Å². The van der Waals surface area contributed by atoms with E-state index in [0.717, 1.165) is 30.8 Å². The first-order valence-electron chi connectivity index (χ1n) is 10.1. The second-order valence-electron chi connectivity index (χ2n) is 8.82. The molecular weight excluding hydrogens is 390 g/mol. The molecule has 1 N–H and O–H groups in total. The van der Waals surface area contributed by atoms with E-state index in [1.165, 1.54) is 5.56 Å². The predicted molar refractivity (Wildman–Crippen MR) is 117 cm³/mol. The summed E-state index contributed by atoms with van der Waals surface area (Å²) in [5.74, 6) is 0.826. The molecule has 7 heteroatoms. The number of aryl methyl sites for hydroxylation is 1. The van der Waals surface area contributed by atoms with Gasteiger partial charge >= 0.3 is 0 Å². The van der Waals surface area contributed by atoms with Gasteiger partial charge in [0.2, 0.25) is 5.91 Å². The average Bonchev–Trinajstić information content (AvgIpc) is 2.93. The number of carbonyl (C=O) groups is 2. The summed E-state index contributed by atoms with van der Waals surface area (Å²) < 4.78 is 6.19. The van der Waals surface area contributed by atoms with Gasteiger partial charge in [-0.05, 0) is 40.6 Å². The number of ketones is 1. The smallest absolute Gasteiger partial charge is 0.221 e. The van der Waals surface area contributed by atoms with E-state index < -0.39 is 6.04 Å². The number of rotatable bonds is 7. The second kappa shape index (κ2) is 9.45. The monoisotopic (exact) mass is 423 g/mol. The zero-order chi connectivity index (χ0) is 20.5. The van der Waals surface area contributed by atoms with Crippen LogP contribution in [0.3, 0.4) is 0 Å². The summed E-state index contributed by atoms with van der Waals surface area (Å²) in [6.07, 6.45) is 1.27. The maximum absolute atomic E-state index is 12.6. The molecule has 1 heterocycles. The van der Waals surface area contributed by atoms with Crippen LogP contribution >= 0.6 is 12.4 Å². The number of Topliss-reactive ketones (excluding diaryl/α,β-unsaturated/α-hetero) is 1. The van der Waals surface area contributed by atoms with E-state index in [1.54, 1.807) is 0 Å². The molecule has 0 unspecified atom stereocenters. The largest absolute Gasteiger partial charge is 0.487 e. The molecule has 0 bridgehead atoms. The summed E-state index contributed by atoms with van der Waals surface area (Å²) in [7, 11) is 6.08. The normalized spacial score (nSPS) is 25.3. The van der Waals surface area contributed by atoms with Crippen LogP contribution in [0, 0.1) is 6.92 Å². The van der Waals surface area contributed by atoms with Crippen molar-refractivity contribution in [1.82, 2.24) is 15.1 Å². The Balaban J connectivity index is 0.00000300. The summed E-state index contributed by atoms with van der Waals surface area (Å²) in [5.41, 5.74) is 2.10. The van der Waals surface area contributed by atoms with Crippen molar-refractivity contribution in [1.29, 1.82) is 0 Å². The van der Waals surface area contributed by atoms with Crippen LogP contribution in [-0.2, 0) is 15.0 Å². The number of hydrogen-bond acceptors (Lipinski definition) is 5. The van der Waals surface area contributed by atoms with E-state index in [0.29, 0.717) is 19.4 Å². The fraction of sp³-hybridized carbons (Fsp3) is 0.636. The minimum absolute atomic E-state index is 0. The van der Waals surface area contributed by atoms with E-state index in [-0.39, 0.29) is 35.6 Å². The molecule has 0 spiro atoms. The third-order valence-corrected chi connectivity index (χ3v) is 6.14. The number of hydrogen-bond donors (Lipinski definition) is 1. The van der Waals surface area contributed by atoms with Gasteiger partial charge in [0.15, 0.2) is 5.78 Å². The van der Waals surface area contributed by atoms with Gasteiger partial charge in [0.05, 0.1) is 0 Å². The van der Waals surface area contributed by atoms with E-state index >= 15 is 0 Å². The van der Waals surface area contributed by atoms with Crippen LogP contribution in [0.4, 0.5) is 0 Å². The van der Waals surface area contributed by atoms with Crippen LogP contribution in [0.2, 0.25) is 0 Å². The van der Waals surface area contributed by atoms with Crippen LogP contribution < -0.4 is 10.1 Å². The Hall–Kier alpha value is -1.63. The van der Waals surface area contributed by atoms with Gasteiger partial charge in [-0.15, -0.1) is 12.4 Å². The number of nitrogens with zero attached hydrogens (tertiary/aromatic N) is 2. The first kappa shape index (κ1) is 23.6. The topological polar surface area (TPSA) is 61.9 Å². The molecule has 1 aliphatic heterocycles. The maximum atomic E-state index is 12.6. The van der Waals surface area contributed by atoms with Crippen molar-refractivity contribution >= 4 is 24.1 Å². The molecule has 2 aliphatic rings. The number of halogens is 1. The van der Waals surface area contributed by atoms with Crippen LogP contribution in [0.15, 0.2) is 18.2 Å². The van der Waals surface area contributed by atoms with Gasteiger partial charge in [-0.25, -0.2) is 0 Å². The molecule has 1 aromatic carbocycles. The molecule has 1 saturated carbocycles. The Kier molecular flexibility index (Phi) is 7.71. The molecule has 162 valence electrons. The molecular formula is C22H34ClN3O3. The highest BCUT2D eigenvalue weighted by Gasteiger charge is 2.54. The number of ether oxygens (including phenoxy) is 1. The highest BCUT2D eigenvalue weighted by Crippen LogP contribution is 2.49. The lowest BCUT2D eigenvalue weighted by atomic mass is 9.67. The Labute approximate surface area is 180 Å². The van der Waals surface area contributed by atoms with Crippen LogP contribution in [-0.4, -0.2) is 74.4 Å². The van der Waals surface area contributed by atoms with Crippen molar-refractivity contribution in [3.05, 3.63) is 29.3 Å². The SMILES string of the molecule is Cc1ccc2c(c1)[C@]1(C)CCC(=O)[C@H](NC(=O)CCN(C)CCN(C)C)[C@@H]1O2.Cl. The van der Waals surface area contributed by atoms with Gasteiger partial charge in [-0.1, -0.05) is 24.6 Å². The maximum Gasteiger partial charge on any atom is 0.221 e. The van der Waals surface area contributed by atoms with E-state index in [1.807, 2.05) is 33.3 Å². The minimum atomic E-state index is -0.578. The molecule has 1 amide bonds. The van der Waals surface area contributed by atoms with Gasteiger partial charge < -0.3 is 19.9 Å². The number of carbonyl (C=O) groups excluding carboxylic acids is 2. The van der Waals surface area contributed by atoms with Crippen molar-refractivity contribution in [3.63, 3.8) is 0 Å². The Morgan fingerprint density at radius 3 is 2.66 bits per heavy atom. The number of amides is 1. The quantitative estimate of drug-likeness (QED) is 0.728. The lowest BCUT2D eigenvalue weighted by molar-refractivity contribution is -0.133. The highest BCUT2D eigenvalue weighted by atomic mass is 35.5. The molecule has 3 rings (SSSR count). The van der Waals surface area contributed by atoms with Crippen LogP contribution in [0.1, 0.15) is 37.3 Å². The molecule has 1 aliphatic carbocycles. The van der Waals surface area contributed by atoms with E-state index in [4.69, 9.17) is 4.74 Å². The summed E-state index contributed by atoms with van der Waals surface area (Å²) in [4.78, 5) is 29.5. The van der Waals surface area contributed by atoms with Crippen molar-refractivity contribution in [3.8, 4) is 5.75 Å². The van der Waals surface area contributed by atoms with Gasteiger partial charge in [0.1, 0.15) is 17.9 Å². The second-order valence-corrected chi connectivity index (χ2v) is 8.82. The molecule has 1 aromatic rings. The van der Waals surface area contributed by atoms with Gasteiger partial charge in [0, 0.05) is 43.5 Å². The van der Waals surface area contributed by atoms with Gasteiger partial charge in [-0.2, -0.15) is 0 Å². The highest BCUT2D eigenvalue weighted by molar-refractivity contribution is 5.91. The van der Waals surface area contributed by atoms with Crippen molar-refractivity contribution in [2.75, 3.05) is 40.8 Å². The zero-order valence-corrected chi connectivity index (χ0v) is 19.0. The first-order chi connectivity index (χ1) is 13.2. The van der Waals surface area contributed by atoms with E-state index in [2.05, 4.69) is 35.0 Å². The lowest BCUT2D eigenvalue weighted by Gasteiger charge is -2.39. The van der Waals surface area contributed by atoms with Gasteiger partial charge in [-0.3, -0.25) is 9.59 Å². The molecule has 0 radical (unpaired) electrons. The molecule has 1 fully saturated rings. The summed E-state index contributed by atoms with van der Waals surface area (Å²) in [5, 5.41) is 2.98. The third kappa shape index (κ3) is 5.11. The molecule has 0 aromatic heterocycles. The first-order valence-corrected chi connectivity index (χ1v) is 10.1. The molecule has 3 atom stereocenters.